The predicted octanol–water partition coefficient (Wildman–Crippen LogP) is 9.16. The molecule has 0 radical (unpaired) electrons. The summed E-state index contributed by atoms with van der Waals surface area (Å²) >= 11 is 6.68. The van der Waals surface area contributed by atoms with E-state index in [1.807, 2.05) is 0 Å². The predicted molar refractivity (Wildman–Crippen MR) is 178 cm³/mol. The molecule has 1 fully saturated rings. The van der Waals surface area contributed by atoms with Crippen molar-refractivity contribution in [1.29, 1.82) is 0 Å². The third-order valence-electron chi connectivity index (χ3n) is 9.11. The lowest BCUT2D eigenvalue weighted by atomic mass is 9.91. The van der Waals surface area contributed by atoms with Crippen LogP contribution in [0.1, 0.15) is 68.3 Å². The summed E-state index contributed by atoms with van der Waals surface area (Å²) in [6.07, 6.45) is -0.522. The van der Waals surface area contributed by atoms with Crippen LogP contribution in [0.2, 0.25) is 5.02 Å². The smallest absolute Gasteiger partial charge is 0.416 e. The molecule has 1 aliphatic carbocycles. The molecule has 4 aromatic carbocycles. The number of carbonyl (C=O) groups is 2. The minimum Gasteiger partial charge on any atom is -0.497 e. The van der Waals surface area contributed by atoms with Gasteiger partial charge in [0, 0.05) is 57.0 Å². The number of anilines is 2. The first-order valence-electron chi connectivity index (χ1n) is 15.7. The van der Waals surface area contributed by atoms with Gasteiger partial charge in [-0.15, -0.1) is 0 Å². The van der Waals surface area contributed by atoms with Crippen molar-refractivity contribution in [1.82, 2.24) is 9.88 Å². The third kappa shape index (κ3) is 6.19. The lowest BCUT2D eigenvalue weighted by Gasteiger charge is -2.28. The average Bonchev–Trinajstić information content (AvgIpc) is 3.35. The Bertz CT molecular complexity index is 2150. The van der Waals surface area contributed by atoms with Gasteiger partial charge in [0.15, 0.2) is 0 Å². The fraction of sp³-hybridized carbons (Fsp3) is 0.216. The van der Waals surface area contributed by atoms with Crippen molar-refractivity contribution < 1.29 is 36.3 Å². The number of carbonyl (C=O) groups excluding carboxylic acids is 2. The molecule has 1 atom stereocenters. The molecule has 256 valence electrons. The maximum atomic E-state index is 14.9. The summed E-state index contributed by atoms with van der Waals surface area (Å²) in [5.74, 6) is -2.37. The summed E-state index contributed by atoms with van der Waals surface area (Å²) in [7, 11) is 1.52. The first kappa shape index (κ1) is 33.3. The number of ether oxygens (including phenoxy) is 1. The Morgan fingerprint density at radius 1 is 0.980 bits per heavy atom. The summed E-state index contributed by atoms with van der Waals surface area (Å²) in [6, 6.07) is 14.6. The fourth-order valence-corrected chi connectivity index (χ4v) is 6.67. The monoisotopic (exact) mass is 706 g/mol. The minimum absolute atomic E-state index is 0.0288. The summed E-state index contributed by atoms with van der Waals surface area (Å²) in [5, 5.41) is 7.13. The van der Waals surface area contributed by atoms with Crippen molar-refractivity contribution in [3.63, 3.8) is 0 Å². The van der Waals surface area contributed by atoms with Crippen LogP contribution in [-0.2, 0) is 12.7 Å². The highest BCUT2D eigenvalue weighted by molar-refractivity contribution is 6.31. The Kier molecular flexibility index (Phi) is 8.59. The molecule has 1 saturated carbocycles. The van der Waals surface area contributed by atoms with E-state index in [0.717, 1.165) is 19.3 Å². The largest absolute Gasteiger partial charge is 0.497 e. The summed E-state index contributed by atoms with van der Waals surface area (Å²) in [4.78, 5) is 34.4. The first-order valence-corrected chi connectivity index (χ1v) is 16.1. The normalized spacial score (nSPS) is 15.9. The zero-order valence-corrected chi connectivity index (χ0v) is 27.1. The Balaban J connectivity index is 1.44. The SMILES string of the molecule is COc1ccc(CN2C(=O)c3c(c(NC(=O)c4cc(F)cc(C(F)(F)F)c4)cc4c(NC5CCC5)nccc34)C2c2cc(F)ccc2Cl)cc1. The van der Waals surface area contributed by atoms with Gasteiger partial charge in [-0.2, -0.15) is 13.2 Å². The van der Waals surface area contributed by atoms with Crippen LogP contribution in [0.4, 0.5) is 33.5 Å². The van der Waals surface area contributed by atoms with Gasteiger partial charge in [-0.1, -0.05) is 23.7 Å². The van der Waals surface area contributed by atoms with E-state index in [1.54, 1.807) is 42.6 Å². The van der Waals surface area contributed by atoms with Gasteiger partial charge < -0.3 is 20.3 Å². The van der Waals surface area contributed by atoms with E-state index >= 15 is 0 Å². The molecule has 0 saturated heterocycles. The number of pyridine rings is 1. The number of benzene rings is 4. The highest BCUT2D eigenvalue weighted by atomic mass is 35.5. The molecule has 7 rings (SSSR count). The molecule has 2 heterocycles. The topological polar surface area (TPSA) is 83.6 Å². The molecule has 0 spiro atoms. The molecule has 50 heavy (non-hydrogen) atoms. The molecule has 13 heteroatoms. The Morgan fingerprint density at radius 3 is 2.42 bits per heavy atom. The molecule has 2 aliphatic rings. The molecule has 1 unspecified atom stereocenters. The van der Waals surface area contributed by atoms with Gasteiger partial charge in [-0.25, -0.2) is 13.8 Å². The Hall–Kier alpha value is -5.23. The van der Waals surface area contributed by atoms with Crippen LogP contribution in [-0.4, -0.2) is 34.8 Å². The second kappa shape index (κ2) is 12.9. The number of amides is 2. The quantitative estimate of drug-likeness (QED) is 0.157. The van der Waals surface area contributed by atoms with E-state index < -0.39 is 46.8 Å². The number of nitrogens with zero attached hydrogens (tertiary/aromatic N) is 2. The van der Waals surface area contributed by atoms with E-state index in [-0.39, 0.29) is 40.0 Å². The van der Waals surface area contributed by atoms with E-state index in [9.17, 15) is 31.5 Å². The van der Waals surface area contributed by atoms with Crippen LogP contribution in [0.15, 0.2) is 79.0 Å². The molecule has 5 aromatic rings. The van der Waals surface area contributed by atoms with Crippen LogP contribution in [0.25, 0.3) is 10.8 Å². The van der Waals surface area contributed by atoms with Crippen molar-refractivity contribution in [3.8, 4) is 5.75 Å². The maximum absolute atomic E-state index is 14.9. The number of hydrogen-bond donors (Lipinski definition) is 2. The highest BCUT2D eigenvalue weighted by Gasteiger charge is 2.43. The van der Waals surface area contributed by atoms with E-state index in [1.165, 1.54) is 30.2 Å². The number of methoxy groups -OCH3 is 1. The summed E-state index contributed by atoms with van der Waals surface area (Å²) in [6.45, 7) is 0.0288. The first-order chi connectivity index (χ1) is 23.9. The zero-order chi connectivity index (χ0) is 35.3. The standard InChI is InChI=1S/C37H28ClF5N4O3/c1-50-25-8-5-19(6-9-25)18-47-33(28-16-22(39)7-10-29(28)38)32-30(46-35(48)20-13-21(37(41,42)43)15-23(40)14-20)17-27-26(31(32)36(47)49)11-12-44-34(27)45-24-3-2-4-24/h5-17,24,33H,2-4,18H2,1H3,(H,44,45)(H,46,48). The van der Waals surface area contributed by atoms with Crippen molar-refractivity contribution in [3.05, 3.63) is 129 Å². The Labute approximate surface area is 288 Å². The maximum Gasteiger partial charge on any atom is 0.416 e. The van der Waals surface area contributed by atoms with Crippen LogP contribution in [0.3, 0.4) is 0 Å². The second-order valence-electron chi connectivity index (χ2n) is 12.3. The van der Waals surface area contributed by atoms with Crippen LogP contribution in [0.5, 0.6) is 5.75 Å². The van der Waals surface area contributed by atoms with E-state index in [0.29, 0.717) is 46.1 Å². The van der Waals surface area contributed by atoms with Crippen LogP contribution >= 0.6 is 11.6 Å². The van der Waals surface area contributed by atoms with Crippen LogP contribution in [0, 0.1) is 11.6 Å². The molecule has 7 nitrogen and oxygen atoms in total. The minimum atomic E-state index is -4.91. The van der Waals surface area contributed by atoms with Gasteiger partial charge in [0.2, 0.25) is 0 Å². The van der Waals surface area contributed by atoms with Crippen LogP contribution < -0.4 is 15.4 Å². The number of fused-ring (bicyclic) bond motifs is 3. The third-order valence-corrected chi connectivity index (χ3v) is 9.46. The molecule has 1 aliphatic heterocycles. The molecule has 2 amide bonds. The van der Waals surface area contributed by atoms with Gasteiger partial charge >= 0.3 is 6.18 Å². The summed E-state index contributed by atoms with van der Waals surface area (Å²) < 4.78 is 75.3. The number of nitrogens with one attached hydrogen (secondary N) is 2. The Morgan fingerprint density at radius 2 is 1.74 bits per heavy atom. The fourth-order valence-electron chi connectivity index (χ4n) is 6.45. The molecular weight excluding hydrogens is 679 g/mol. The number of alkyl halides is 3. The van der Waals surface area contributed by atoms with Crippen molar-refractivity contribution in [2.45, 2.75) is 44.1 Å². The molecular formula is C37H28ClF5N4O3. The molecule has 0 bridgehead atoms. The van der Waals surface area contributed by atoms with E-state index in [4.69, 9.17) is 16.3 Å². The second-order valence-corrected chi connectivity index (χ2v) is 12.7. The highest BCUT2D eigenvalue weighted by Crippen LogP contribution is 2.49. The molecule has 2 N–H and O–H groups in total. The molecule has 1 aromatic heterocycles. The number of rotatable bonds is 8. The van der Waals surface area contributed by atoms with Gasteiger partial charge in [0.25, 0.3) is 11.8 Å². The zero-order valence-electron chi connectivity index (χ0n) is 26.4. The van der Waals surface area contributed by atoms with Gasteiger partial charge in [0.05, 0.1) is 24.3 Å². The van der Waals surface area contributed by atoms with Crippen molar-refractivity contribution >= 4 is 45.7 Å². The van der Waals surface area contributed by atoms with Gasteiger partial charge in [-0.05, 0) is 85.5 Å². The van der Waals surface area contributed by atoms with Gasteiger partial charge in [0.1, 0.15) is 23.2 Å². The summed E-state index contributed by atoms with van der Waals surface area (Å²) in [5.41, 5.74) is -0.563. The van der Waals surface area contributed by atoms with Crippen molar-refractivity contribution in [2.24, 2.45) is 0 Å². The van der Waals surface area contributed by atoms with E-state index in [2.05, 4.69) is 15.6 Å². The van der Waals surface area contributed by atoms with Gasteiger partial charge in [-0.3, -0.25) is 9.59 Å². The number of aromatic nitrogens is 1. The number of halogens is 6. The average molecular weight is 707 g/mol. The number of hydrogen-bond acceptors (Lipinski definition) is 5. The lowest BCUT2D eigenvalue weighted by molar-refractivity contribution is -0.137. The lowest BCUT2D eigenvalue weighted by Crippen LogP contribution is -2.29. The van der Waals surface area contributed by atoms with Crippen molar-refractivity contribution in [2.75, 3.05) is 17.7 Å².